The van der Waals surface area contributed by atoms with Crippen molar-refractivity contribution >= 4 is 11.4 Å². The number of benzene rings is 1. The SMILES string of the molecule is C[C@H](N[S+]([O-])C(C)(C)C)c1ccc2c(c1)OCC2. The average molecular weight is 267 g/mol. The molecule has 0 saturated carbocycles. The van der Waals surface area contributed by atoms with Crippen molar-refractivity contribution in [2.75, 3.05) is 6.61 Å². The second kappa shape index (κ2) is 5.11. The van der Waals surface area contributed by atoms with E-state index in [1.54, 1.807) is 0 Å². The fraction of sp³-hybridized carbons (Fsp3) is 0.571. The van der Waals surface area contributed by atoms with Crippen LogP contribution in [0.3, 0.4) is 0 Å². The molecule has 1 aromatic carbocycles. The molecule has 1 N–H and O–H groups in total. The van der Waals surface area contributed by atoms with E-state index < -0.39 is 11.4 Å². The van der Waals surface area contributed by atoms with Gasteiger partial charge >= 0.3 is 0 Å². The molecule has 1 aliphatic heterocycles. The van der Waals surface area contributed by atoms with Gasteiger partial charge in [-0.25, -0.2) is 0 Å². The van der Waals surface area contributed by atoms with Crippen LogP contribution >= 0.6 is 0 Å². The largest absolute Gasteiger partial charge is 0.598 e. The van der Waals surface area contributed by atoms with Crippen LogP contribution in [0.5, 0.6) is 5.75 Å². The molecule has 0 radical (unpaired) electrons. The number of hydrogen-bond donors (Lipinski definition) is 1. The Kier molecular flexibility index (Phi) is 3.90. The molecule has 18 heavy (non-hydrogen) atoms. The Morgan fingerprint density at radius 1 is 1.39 bits per heavy atom. The lowest BCUT2D eigenvalue weighted by Gasteiger charge is -2.26. The van der Waals surface area contributed by atoms with E-state index in [4.69, 9.17) is 4.74 Å². The van der Waals surface area contributed by atoms with E-state index in [1.807, 2.05) is 27.7 Å². The van der Waals surface area contributed by atoms with E-state index in [-0.39, 0.29) is 10.8 Å². The Bertz CT molecular complexity index is 428. The van der Waals surface area contributed by atoms with Crippen LogP contribution in [0.4, 0.5) is 0 Å². The molecule has 2 atom stereocenters. The van der Waals surface area contributed by atoms with E-state index in [9.17, 15) is 4.55 Å². The van der Waals surface area contributed by atoms with Gasteiger partial charge in [-0.2, -0.15) is 0 Å². The van der Waals surface area contributed by atoms with E-state index >= 15 is 0 Å². The van der Waals surface area contributed by atoms with Gasteiger partial charge in [0.05, 0.1) is 12.6 Å². The zero-order chi connectivity index (χ0) is 13.3. The monoisotopic (exact) mass is 267 g/mol. The highest BCUT2D eigenvalue weighted by Gasteiger charge is 2.28. The van der Waals surface area contributed by atoms with Crippen LogP contribution in [0.15, 0.2) is 18.2 Å². The Hall–Kier alpha value is -0.710. The first kappa shape index (κ1) is 13.7. The number of ether oxygens (including phenoxy) is 1. The van der Waals surface area contributed by atoms with E-state index in [1.165, 1.54) is 5.56 Å². The molecule has 1 heterocycles. The van der Waals surface area contributed by atoms with E-state index in [0.717, 1.165) is 24.3 Å². The van der Waals surface area contributed by atoms with Gasteiger partial charge in [0, 0.05) is 17.8 Å². The quantitative estimate of drug-likeness (QED) is 0.856. The van der Waals surface area contributed by atoms with Gasteiger partial charge < -0.3 is 9.29 Å². The van der Waals surface area contributed by atoms with Gasteiger partial charge in [0.1, 0.15) is 10.5 Å². The fourth-order valence-corrected chi connectivity index (χ4v) is 2.67. The lowest BCUT2D eigenvalue weighted by molar-refractivity contribution is 0.356. The second-order valence-electron chi connectivity index (χ2n) is 5.69. The standard InChI is InChI=1S/C14H21NO2S/c1-10(15-18(16)14(2,3)4)12-6-5-11-7-8-17-13(11)9-12/h5-6,9-10,15H,7-8H2,1-4H3/t10-,18?/m0/s1. The molecule has 1 aliphatic rings. The maximum Gasteiger partial charge on any atom is 0.136 e. The molecule has 1 unspecified atom stereocenters. The topological polar surface area (TPSA) is 44.3 Å². The van der Waals surface area contributed by atoms with Crippen LogP contribution < -0.4 is 9.46 Å². The third kappa shape index (κ3) is 2.99. The average Bonchev–Trinajstić information content (AvgIpc) is 2.74. The third-order valence-corrected chi connectivity index (χ3v) is 4.74. The van der Waals surface area contributed by atoms with Crippen molar-refractivity contribution in [2.24, 2.45) is 0 Å². The summed E-state index contributed by atoms with van der Waals surface area (Å²) in [6, 6.07) is 6.31. The van der Waals surface area contributed by atoms with Crippen LogP contribution in [0, 0.1) is 0 Å². The molecule has 0 aliphatic carbocycles. The highest BCUT2D eigenvalue weighted by molar-refractivity contribution is 7.90. The summed E-state index contributed by atoms with van der Waals surface area (Å²) >= 11 is -1.06. The molecule has 0 amide bonds. The van der Waals surface area contributed by atoms with Gasteiger partial charge in [-0.1, -0.05) is 12.1 Å². The number of fused-ring (bicyclic) bond motifs is 1. The molecule has 0 fully saturated rings. The zero-order valence-corrected chi connectivity index (χ0v) is 12.3. The first-order valence-corrected chi connectivity index (χ1v) is 7.46. The summed E-state index contributed by atoms with van der Waals surface area (Å²) in [7, 11) is 0. The van der Waals surface area contributed by atoms with Gasteiger partial charge in [-0.3, -0.25) is 0 Å². The maximum atomic E-state index is 12.1. The lowest BCUT2D eigenvalue weighted by Crippen LogP contribution is -2.40. The minimum Gasteiger partial charge on any atom is -0.598 e. The van der Waals surface area contributed by atoms with Crippen LogP contribution in [-0.2, 0) is 17.8 Å². The summed E-state index contributed by atoms with van der Waals surface area (Å²) in [6.07, 6.45) is 0.991. The molecule has 0 bridgehead atoms. The van der Waals surface area contributed by atoms with Crippen molar-refractivity contribution in [3.05, 3.63) is 29.3 Å². The van der Waals surface area contributed by atoms with Crippen molar-refractivity contribution in [3.8, 4) is 5.75 Å². The summed E-state index contributed by atoms with van der Waals surface area (Å²) < 4.78 is 20.5. The normalized spacial score (nSPS) is 18.1. The Morgan fingerprint density at radius 3 is 2.78 bits per heavy atom. The molecular weight excluding hydrogens is 246 g/mol. The molecule has 1 aromatic rings. The van der Waals surface area contributed by atoms with Crippen LogP contribution in [0.1, 0.15) is 44.9 Å². The molecule has 4 heteroatoms. The second-order valence-corrected chi connectivity index (χ2v) is 7.68. The highest BCUT2D eigenvalue weighted by Crippen LogP contribution is 2.29. The van der Waals surface area contributed by atoms with Crippen LogP contribution in [0.2, 0.25) is 0 Å². The first-order valence-electron chi connectivity index (χ1n) is 6.31. The molecule has 0 spiro atoms. The third-order valence-electron chi connectivity index (χ3n) is 3.06. The first-order chi connectivity index (χ1) is 8.38. The van der Waals surface area contributed by atoms with Crippen LogP contribution in [-0.4, -0.2) is 15.9 Å². The fourth-order valence-electron chi connectivity index (χ4n) is 1.86. The molecule has 3 nitrogen and oxygen atoms in total. The number of nitrogens with one attached hydrogen (secondary N) is 1. The van der Waals surface area contributed by atoms with Crippen LogP contribution in [0.25, 0.3) is 0 Å². The summed E-state index contributed by atoms with van der Waals surface area (Å²) in [5.74, 6) is 0.975. The summed E-state index contributed by atoms with van der Waals surface area (Å²) in [5, 5.41) is 0. The summed E-state index contributed by atoms with van der Waals surface area (Å²) in [6.45, 7) is 8.70. The van der Waals surface area contributed by atoms with Gasteiger partial charge in [-0.15, -0.1) is 4.72 Å². The van der Waals surface area contributed by atoms with Crippen molar-refractivity contribution < 1.29 is 9.29 Å². The minimum absolute atomic E-state index is 0.0551. The maximum absolute atomic E-state index is 12.1. The van der Waals surface area contributed by atoms with Gasteiger partial charge in [-0.05, 0) is 44.9 Å². The summed E-state index contributed by atoms with van der Waals surface area (Å²) in [5.41, 5.74) is 2.39. The Morgan fingerprint density at radius 2 is 2.11 bits per heavy atom. The molecule has 100 valence electrons. The predicted molar refractivity (Wildman–Crippen MR) is 75.1 cm³/mol. The van der Waals surface area contributed by atoms with Crippen molar-refractivity contribution in [1.29, 1.82) is 0 Å². The Labute approximate surface area is 112 Å². The molecular formula is C14H21NO2S. The van der Waals surface area contributed by atoms with Gasteiger partial charge in [0.15, 0.2) is 0 Å². The molecule has 0 saturated heterocycles. The summed E-state index contributed by atoms with van der Waals surface area (Å²) in [4.78, 5) is 0. The smallest absolute Gasteiger partial charge is 0.136 e. The molecule has 0 aromatic heterocycles. The van der Waals surface area contributed by atoms with Crippen molar-refractivity contribution in [1.82, 2.24) is 4.72 Å². The highest BCUT2D eigenvalue weighted by atomic mass is 32.2. The Balaban J connectivity index is 2.07. The van der Waals surface area contributed by atoms with Gasteiger partial charge in [0.2, 0.25) is 0 Å². The minimum atomic E-state index is -1.06. The predicted octanol–water partition coefficient (Wildman–Crippen LogP) is 2.73. The van der Waals surface area contributed by atoms with E-state index in [0.29, 0.717) is 0 Å². The number of hydrogen-bond acceptors (Lipinski definition) is 3. The molecule has 2 rings (SSSR count). The number of rotatable bonds is 3. The van der Waals surface area contributed by atoms with Crippen molar-refractivity contribution in [2.45, 2.75) is 44.9 Å². The van der Waals surface area contributed by atoms with Gasteiger partial charge in [0.25, 0.3) is 0 Å². The van der Waals surface area contributed by atoms with Crippen molar-refractivity contribution in [3.63, 3.8) is 0 Å². The lowest BCUT2D eigenvalue weighted by atomic mass is 10.1. The zero-order valence-electron chi connectivity index (χ0n) is 11.4. The van der Waals surface area contributed by atoms with E-state index in [2.05, 4.69) is 22.9 Å².